The molecule has 0 bridgehead atoms. The average molecular weight is 291 g/mol. The van der Waals surface area contributed by atoms with E-state index in [4.69, 9.17) is 16.0 Å². The van der Waals surface area contributed by atoms with Crippen LogP contribution in [-0.2, 0) is 6.42 Å². The van der Waals surface area contributed by atoms with Crippen LogP contribution in [0.1, 0.15) is 17.4 Å². The zero-order valence-corrected chi connectivity index (χ0v) is 11.3. The second kappa shape index (κ2) is 5.27. The first-order valence-corrected chi connectivity index (χ1v) is 6.62. The van der Waals surface area contributed by atoms with Crippen molar-refractivity contribution < 1.29 is 13.9 Å². The molecule has 0 saturated carbocycles. The van der Waals surface area contributed by atoms with Crippen LogP contribution >= 0.6 is 11.6 Å². The van der Waals surface area contributed by atoms with Gasteiger partial charge in [-0.1, -0.05) is 35.9 Å². The van der Waals surface area contributed by atoms with E-state index in [0.29, 0.717) is 22.8 Å². The molecule has 1 N–H and O–H groups in total. The first kappa shape index (κ1) is 13.2. The van der Waals surface area contributed by atoms with E-state index in [1.165, 1.54) is 12.1 Å². The number of halogens is 2. The molecule has 2 aromatic carbocycles. The van der Waals surface area contributed by atoms with Gasteiger partial charge in [0.15, 0.2) is 5.58 Å². The van der Waals surface area contributed by atoms with Crippen molar-refractivity contribution in [3.8, 4) is 0 Å². The Morgan fingerprint density at radius 2 is 1.90 bits per heavy atom. The number of rotatable bonds is 3. The summed E-state index contributed by atoms with van der Waals surface area (Å²) in [5.74, 6) is 0.163. The zero-order chi connectivity index (χ0) is 14.1. The van der Waals surface area contributed by atoms with Gasteiger partial charge in [-0.3, -0.25) is 0 Å². The quantitative estimate of drug-likeness (QED) is 0.770. The van der Waals surface area contributed by atoms with Gasteiger partial charge in [-0.25, -0.2) is 4.39 Å². The predicted molar refractivity (Wildman–Crippen MR) is 76.3 cm³/mol. The Bertz CT molecular complexity index is 734. The molecule has 3 aromatic rings. The highest BCUT2D eigenvalue weighted by Gasteiger charge is 2.15. The molecule has 0 amide bonds. The molecule has 1 aromatic heterocycles. The monoisotopic (exact) mass is 290 g/mol. The van der Waals surface area contributed by atoms with Crippen LogP contribution in [0.2, 0.25) is 5.02 Å². The lowest BCUT2D eigenvalue weighted by Gasteiger charge is -2.07. The molecule has 1 unspecified atom stereocenters. The molecule has 20 heavy (non-hydrogen) atoms. The predicted octanol–water partition coefficient (Wildman–Crippen LogP) is 4.50. The molecule has 1 heterocycles. The maximum absolute atomic E-state index is 12.8. The number of aliphatic hydroxyl groups excluding tert-OH is 1. The van der Waals surface area contributed by atoms with Gasteiger partial charge in [0.05, 0.1) is 5.02 Å². The van der Waals surface area contributed by atoms with E-state index in [1.54, 1.807) is 24.3 Å². The van der Waals surface area contributed by atoms with Gasteiger partial charge in [0.2, 0.25) is 0 Å². The Balaban J connectivity index is 1.86. The van der Waals surface area contributed by atoms with E-state index < -0.39 is 6.10 Å². The van der Waals surface area contributed by atoms with Crippen LogP contribution < -0.4 is 0 Å². The van der Waals surface area contributed by atoms with Crippen LogP contribution in [0.5, 0.6) is 0 Å². The van der Waals surface area contributed by atoms with Crippen molar-refractivity contribution in [1.82, 2.24) is 0 Å². The Morgan fingerprint density at radius 1 is 1.15 bits per heavy atom. The lowest BCUT2D eigenvalue weighted by Crippen LogP contribution is -2.00. The average Bonchev–Trinajstić information content (AvgIpc) is 2.87. The van der Waals surface area contributed by atoms with E-state index in [1.807, 2.05) is 12.1 Å². The first-order chi connectivity index (χ1) is 9.63. The minimum atomic E-state index is -0.788. The number of aliphatic hydroxyl groups is 1. The van der Waals surface area contributed by atoms with Gasteiger partial charge in [0.25, 0.3) is 0 Å². The van der Waals surface area contributed by atoms with Crippen LogP contribution in [0.4, 0.5) is 4.39 Å². The van der Waals surface area contributed by atoms with E-state index in [-0.39, 0.29) is 5.82 Å². The van der Waals surface area contributed by atoms with Crippen LogP contribution in [0.25, 0.3) is 11.0 Å². The number of furan rings is 1. The van der Waals surface area contributed by atoms with Crippen molar-refractivity contribution in [1.29, 1.82) is 0 Å². The minimum absolute atomic E-state index is 0.293. The third-order valence-electron chi connectivity index (χ3n) is 3.19. The Morgan fingerprint density at radius 3 is 2.60 bits per heavy atom. The Hall–Kier alpha value is -1.84. The molecule has 1 atom stereocenters. The van der Waals surface area contributed by atoms with Crippen LogP contribution in [-0.4, -0.2) is 5.11 Å². The molecule has 2 nitrogen and oxygen atoms in total. The highest BCUT2D eigenvalue weighted by molar-refractivity contribution is 6.34. The fourth-order valence-electron chi connectivity index (χ4n) is 2.16. The molecular weight excluding hydrogens is 279 g/mol. The van der Waals surface area contributed by atoms with Gasteiger partial charge < -0.3 is 9.52 Å². The minimum Gasteiger partial charge on any atom is -0.457 e. The summed E-state index contributed by atoms with van der Waals surface area (Å²) in [5.41, 5.74) is 1.41. The van der Waals surface area contributed by atoms with Gasteiger partial charge in [-0.05, 0) is 29.8 Å². The molecule has 0 saturated heterocycles. The molecule has 0 fully saturated rings. The van der Waals surface area contributed by atoms with E-state index in [9.17, 15) is 9.50 Å². The summed E-state index contributed by atoms with van der Waals surface area (Å²) in [4.78, 5) is 0. The first-order valence-electron chi connectivity index (χ1n) is 6.24. The molecule has 0 aliphatic heterocycles. The van der Waals surface area contributed by atoms with E-state index >= 15 is 0 Å². The summed E-state index contributed by atoms with van der Waals surface area (Å²) >= 11 is 6.04. The summed E-state index contributed by atoms with van der Waals surface area (Å²) < 4.78 is 18.4. The summed E-state index contributed by atoms with van der Waals surface area (Å²) in [5, 5.41) is 11.6. The number of benzene rings is 2. The number of fused-ring (bicyclic) bond motifs is 1. The van der Waals surface area contributed by atoms with Crippen LogP contribution in [0, 0.1) is 5.82 Å². The van der Waals surface area contributed by atoms with Crippen molar-refractivity contribution in [2.75, 3.05) is 0 Å². The smallest absolute Gasteiger partial charge is 0.152 e. The number of hydrogen-bond acceptors (Lipinski definition) is 2. The lowest BCUT2D eigenvalue weighted by atomic mass is 10.1. The van der Waals surface area contributed by atoms with Gasteiger partial charge in [0.1, 0.15) is 17.7 Å². The highest BCUT2D eigenvalue weighted by Crippen LogP contribution is 2.30. The van der Waals surface area contributed by atoms with E-state index in [2.05, 4.69) is 0 Å². The molecule has 0 aliphatic carbocycles. The van der Waals surface area contributed by atoms with Crippen LogP contribution in [0.3, 0.4) is 0 Å². The van der Waals surface area contributed by atoms with Gasteiger partial charge >= 0.3 is 0 Å². The van der Waals surface area contributed by atoms with Crippen molar-refractivity contribution in [2.24, 2.45) is 0 Å². The van der Waals surface area contributed by atoms with Crippen molar-refractivity contribution in [2.45, 2.75) is 12.5 Å². The maximum Gasteiger partial charge on any atom is 0.152 e. The van der Waals surface area contributed by atoms with E-state index in [0.717, 1.165) is 10.9 Å². The number of hydrogen-bond donors (Lipinski definition) is 1. The third-order valence-corrected chi connectivity index (χ3v) is 3.48. The highest BCUT2D eigenvalue weighted by atomic mass is 35.5. The second-order valence-electron chi connectivity index (χ2n) is 4.65. The Labute approximate surface area is 120 Å². The standard InChI is InChI=1S/C16H12ClFO2/c17-13-3-1-2-11-9-15(20-16(11)13)14(19)8-10-4-6-12(18)7-5-10/h1-7,9,14,19H,8H2. The van der Waals surface area contributed by atoms with Crippen molar-refractivity contribution >= 4 is 22.6 Å². The Kier molecular flexibility index (Phi) is 3.47. The molecule has 102 valence electrons. The molecule has 0 radical (unpaired) electrons. The lowest BCUT2D eigenvalue weighted by molar-refractivity contribution is 0.152. The molecule has 3 rings (SSSR count). The largest absolute Gasteiger partial charge is 0.457 e. The maximum atomic E-state index is 12.8. The van der Waals surface area contributed by atoms with Gasteiger partial charge in [-0.2, -0.15) is 0 Å². The second-order valence-corrected chi connectivity index (χ2v) is 5.06. The number of para-hydroxylation sites is 1. The summed E-state index contributed by atoms with van der Waals surface area (Å²) in [6.07, 6.45) is -0.429. The fraction of sp³-hybridized carbons (Fsp3) is 0.125. The zero-order valence-electron chi connectivity index (χ0n) is 10.5. The van der Waals surface area contributed by atoms with Crippen LogP contribution in [0.15, 0.2) is 52.9 Å². The van der Waals surface area contributed by atoms with Crippen molar-refractivity contribution in [3.05, 3.63) is 70.7 Å². The molecule has 0 aliphatic rings. The molecule has 0 spiro atoms. The van der Waals surface area contributed by atoms with Crippen molar-refractivity contribution in [3.63, 3.8) is 0 Å². The summed E-state index contributed by atoms with van der Waals surface area (Å²) in [6.45, 7) is 0. The van der Waals surface area contributed by atoms with Gasteiger partial charge in [-0.15, -0.1) is 0 Å². The molecule has 4 heteroatoms. The fourth-order valence-corrected chi connectivity index (χ4v) is 2.38. The summed E-state index contributed by atoms with van der Waals surface area (Å²) in [6, 6.07) is 13.3. The molecular formula is C16H12ClFO2. The normalized spacial score (nSPS) is 12.8. The summed E-state index contributed by atoms with van der Waals surface area (Å²) in [7, 11) is 0. The topological polar surface area (TPSA) is 33.4 Å². The third kappa shape index (κ3) is 2.55. The SMILES string of the molecule is OC(Cc1ccc(F)cc1)c1cc2cccc(Cl)c2o1. The van der Waals surface area contributed by atoms with Gasteiger partial charge in [0, 0.05) is 11.8 Å².